The molecule has 3 rings (SSSR count). The summed E-state index contributed by atoms with van der Waals surface area (Å²) in [5.74, 6) is -0.158. The van der Waals surface area contributed by atoms with Crippen LogP contribution in [0, 0.1) is 0 Å². The van der Waals surface area contributed by atoms with E-state index in [-0.39, 0.29) is 11.8 Å². The number of anilines is 2. The standard InChI is InChI=1S/C19H18ClN5O3/c1-12(25-11-21-10-22-25)18(26)23-14-4-6-15(7-5-14)24-19(27)16-9-13(20)3-8-17(16)28-2/h3-12H,1-2H3,(H,23,26)(H,24,27)/t12-/m1/s1. The fraction of sp³-hybridized carbons (Fsp3) is 0.158. The first-order chi connectivity index (χ1) is 13.5. The van der Waals surface area contributed by atoms with Gasteiger partial charge in [0.25, 0.3) is 5.91 Å². The minimum Gasteiger partial charge on any atom is -0.496 e. The van der Waals surface area contributed by atoms with Crippen molar-refractivity contribution in [1.82, 2.24) is 14.8 Å². The lowest BCUT2D eigenvalue weighted by Crippen LogP contribution is -2.24. The van der Waals surface area contributed by atoms with E-state index in [0.29, 0.717) is 27.7 Å². The molecular formula is C19H18ClN5O3. The maximum atomic E-state index is 12.5. The van der Waals surface area contributed by atoms with Gasteiger partial charge >= 0.3 is 0 Å². The number of hydrogen-bond donors (Lipinski definition) is 2. The van der Waals surface area contributed by atoms with Crippen molar-refractivity contribution in [2.24, 2.45) is 0 Å². The molecule has 2 N–H and O–H groups in total. The lowest BCUT2D eigenvalue weighted by molar-refractivity contribution is -0.119. The molecule has 0 unspecified atom stereocenters. The molecule has 1 atom stereocenters. The molecule has 0 saturated carbocycles. The molecule has 144 valence electrons. The van der Waals surface area contributed by atoms with Gasteiger partial charge in [-0.15, -0.1) is 0 Å². The molecule has 2 amide bonds. The monoisotopic (exact) mass is 399 g/mol. The molecule has 0 saturated heterocycles. The molecule has 0 fully saturated rings. The Hall–Kier alpha value is -3.39. The van der Waals surface area contributed by atoms with Gasteiger partial charge in [-0.1, -0.05) is 11.6 Å². The number of nitrogens with one attached hydrogen (secondary N) is 2. The van der Waals surface area contributed by atoms with Crippen LogP contribution in [0.15, 0.2) is 55.1 Å². The number of halogens is 1. The van der Waals surface area contributed by atoms with Crippen molar-refractivity contribution in [2.75, 3.05) is 17.7 Å². The molecule has 0 aliphatic carbocycles. The molecule has 3 aromatic rings. The van der Waals surface area contributed by atoms with Crippen LogP contribution in [0.2, 0.25) is 5.02 Å². The van der Waals surface area contributed by atoms with Crippen LogP contribution in [0.3, 0.4) is 0 Å². The van der Waals surface area contributed by atoms with Crippen molar-refractivity contribution >= 4 is 34.8 Å². The number of amides is 2. The predicted molar refractivity (Wildman–Crippen MR) is 106 cm³/mol. The molecule has 0 aliphatic heterocycles. The molecule has 0 radical (unpaired) electrons. The summed E-state index contributed by atoms with van der Waals surface area (Å²) in [6, 6.07) is 11.1. The zero-order chi connectivity index (χ0) is 20.1. The van der Waals surface area contributed by atoms with Crippen molar-refractivity contribution in [2.45, 2.75) is 13.0 Å². The average Bonchev–Trinajstić information content (AvgIpc) is 3.23. The molecule has 9 heteroatoms. The number of methoxy groups -OCH3 is 1. The van der Waals surface area contributed by atoms with Gasteiger partial charge in [-0.25, -0.2) is 9.67 Å². The lowest BCUT2D eigenvalue weighted by Gasteiger charge is -2.13. The van der Waals surface area contributed by atoms with Gasteiger partial charge in [0.15, 0.2) is 0 Å². The summed E-state index contributed by atoms with van der Waals surface area (Å²) in [5.41, 5.74) is 1.48. The Bertz CT molecular complexity index is 974. The van der Waals surface area contributed by atoms with Crippen LogP contribution in [0.1, 0.15) is 23.3 Å². The highest BCUT2D eigenvalue weighted by molar-refractivity contribution is 6.31. The zero-order valence-corrected chi connectivity index (χ0v) is 16.0. The van der Waals surface area contributed by atoms with Gasteiger partial charge in [0.05, 0.1) is 12.7 Å². The molecule has 1 aromatic heterocycles. The molecule has 2 aromatic carbocycles. The Morgan fingerprint density at radius 1 is 1.11 bits per heavy atom. The molecule has 8 nitrogen and oxygen atoms in total. The van der Waals surface area contributed by atoms with Crippen molar-refractivity contribution in [3.63, 3.8) is 0 Å². The van der Waals surface area contributed by atoms with Crippen LogP contribution in [-0.2, 0) is 4.79 Å². The number of nitrogens with zero attached hydrogens (tertiary/aromatic N) is 3. The molecule has 0 bridgehead atoms. The van der Waals surface area contributed by atoms with Crippen LogP contribution >= 0.6 is 11.6 Å². The van der Waals surface area contributed by atoms with Crippen molar-refractivity contribution < 1.29 is 14.3 Å². The highest BCUT2D eigenvalue weighted by Crippen LogP contribution is 2.24. The molecule has 0 spiro atoms. The first kappa shape index (κ1) is 19.4. The normalized spacial score (nSPS) is 11.5. The van der Waals surface area contributed by atoms with Gasteiger partial charge in [-0.05, 0) is 49.4 Å². The Kier molecular flexibility index (Phi) is 5.90. The second-order valence-corrected chi connectivity index (χ2v) is 6.35. The SMILES string of the molecule is COc1ccc(Cl)cc1C(=O)Nc1ccc(NC(=O)[C@@H](C)n2cncn2)cc1. The summed E-state index contributed by atoms with van der Waals surface area (Å²) < 4.78 is 6.66. The average molecular weight is 400 g/mol. The third-order valence-electron chi connectivity index (χ3n) is 4.03. The Balaban J connectivity index is 1.65. The zero-order valence-electron chi connectivity index (χ0n) is 15.2. The van der Waals surface area contributed by atoms with Crippen LogP contribution in [0.5, 0.6) is 5.75 Å². The number of aromatic nitrogens is 3. The fourth-order valence-corrected chi connectivity index (χ4v) is 2.65. The van der Waals surface area contributed by atoms with E-state index >= 15 is 0 Å². The predicted octanol–water partition coefficient (Wildman–Crippen LogP) is 3.39. The van der Waals surface area contributed by atoms with E-state index in [0.717, 1.165) is 0 Å². The Morgan fingerprint density at radius 2 is 1.79 bits per heavy atom. The van der Waals surface area contributed by atoms with E-state index in [9.17, 15) is 9.59 Å². The van der Waals surface area contributed by atoms with E-state index < -0.39 is 6.04 Å². The Morgan fingerprint density at radius 3 is 2.39 bits per heavy atom. The van der Waals surface area contributed by atoms with Gasteiger partial charge in [-0.2, -0.15) is 5.10 Å². The summed E-state index contributed by atoms with van der Waals surface area (Å²) in [4.78, 5) is 28.6. The van der Waals surface area contributed by atoms with E-state index in [1.54, 1.807) is 43.3 Å². The van der Waals surface area contributed by atoms with Gasteiger partial charge in [-0.3, -0.25) is 9.59 Å². The number of benzene rings is 2. The second kappa shape index (κ2) is 8.53. The minimum atomic E-state index is -0.503. The van der Waals surface area contributed by atoms with Gasteiger partial charge in [0, 0.05) is 16.4 Å². The van der Waals surface area contributed by atoms with Crippen LogP contribution in [0.25, 0.3) is 0 Å². The molecule has 1 heterocycles. The minimum absolute atomic E-state index is 0.231. The van der Waals surface area contributed by atoms with Crippen molar-refractivity contribution in [1.29, 1.82) is 0 Å². The maximum absolute atomic E-state index is 12.5. The molecule has 0 aliphatic rings. The smallest absolute Gasteiger partial charge is 0.259 e. The summed E-state index contributed by atoms with van der Waals surface area (Å²) in [7, 11) is 1.48. The molecular weight excluding hydrogens is 382 g/mol. The van der Waals surface area contributed by atoms with Gasteiger partial charge in [0.1, 0.15) is 24.4 Å². The quantitative estimate of drug-likeness (QED) is 0.662. The largest absolute Gasteiger partial charge is 0.496 e. The summed E-state index contributed by atoms with van der Waals surface area (Å²) in [6.07, 6.45) is 2.85. The topological polar surface area (TPSA) is 98.1 Å². The van der Waals surface area contributed by atoms with E-state index in [1.807, 2.05) is 0 Å². The van der Waals surface area contributed by atoms with Crippen molar-refractivity contribution in [3.05, 3.63) is 65.7 Å². The first-order valence-electron chi connectivity index (χ1n) is 8.38. The summed E-state index contributed by atoms with van der Waals surface area (Å²) in [6.45, 7) is 1.72. The van der Waals surface area contributed by atoms with Crippen LogP contribution in [0.4, 0.5) is 11.4 Å². The maximum Gasteiger partial charge on any atom is 0.259 e. The first-order valence-corrected chi connectivity index (χ1v) is 8.75. The highest BCUT2D eigenvalue weighted by atomic mass is 35.5. The van der Waals surface area contributed by atoms with Crippen molar-refractivity contribution in [3.8, 4) is 5.75 Å². The Labute approximate surface area is 166 Å². The van der Waals surface area contributed by atoms with E-state index in [1.165, 1.54) is 30.5 Å². The number of carbonyl (C=O) groups excluding carboxylic acids is 2. The third-order valence-corrected chi connectivity index (χ3v) is 4.26. The number of rotatable bonds is 6. The van der Waals surface area contributed by atoms with Gasteiger partial charge in [0.2, 0.25) is 5.91 Å². The number of ether oxygens (including phenoxy) is 1. The third kappa shape index (κ3) is 4.47. The molecule has 28 heavy (non-hydrogen) atoms. The number of hydrogen-bond acceptors (Lipinski definition) is 5. The van der Waals surface area contributed by atoms with Crippen LogP contribution in [-0.4, -0.2) is 33.7 Å². The second-order valence-electron chi connectivity index (χ2n) is 5.92. The highest BCUT2D eigenvalue weighted by Gasteiger charge is 2.16. The lowest BCUT2D eigenvalue weighted by atomic mass is 10.1. The van der Waals surface area contributed by atoms with Crippen LogP contribution < -0.4 is 15.4 Å². The summed E-state index contributed by atoms with van der Waals surface area (Å²) >= 11 is 5.97. The number of carbonyl (C=O) groups is 2. The fourth-order valence-electron chi connectivity index (χ4n) is 2.48. The van der Waals surface area contributed by atoms with E-state index in [4.69, 9.17) is 16.3 Å². The van der Waals surface area contributed by atoms with Gasteiger partial charge < -0.3 is 15.4 Å². The van der Waals surface area contributed by atoms with E-state index in [2.05, 4.69) is 20.7 Å². The summed E-state index contributed by atoms with van der Waals surface area (Å²) in [5, 5.41) is 9.95.